The maximum atomic E-state index is 8.87. The van der Waals surface area contributed by atoms with Crippen molar-refractivity contribution in [1.29, 1.82) is 5.26 Å². The number of nitriles is 1. The summed E-state index contributed by atoms with van der Waals surface area (Å²) in [7, 11) is 0. The maximum absolute atomic E-state index is 8.87. The van der Waals surface area contributed by atoms with Crippen LogP contribution in [0.15, 0.2) is 12.3 Å². The number of hydrogen-bond donors (Lipinski definition) is 0. The Morgan fingerprint density at radius 2 is 2.31 bits per heavy atom. The molecule has 0 amide bonds. The molecule has 1 heterocycles. The molecule has 0 N–H and O–H groups in total. The van der Waals surface area contributed by atoms with Crippen LogP contribution in [0.1, 0.15) is 13.8 Å². The second kappa shape index (κ2) is 4.24. The summed E-state index contributed by atoms with van der Waals surface area (Å²) >= 11 is 5.69. The van der Waals surface area contributed by atoms with Crippen molar-refractivity contribution in [3.8, 4) is 5.97 Å². The number of nitrogens with zero attached hydrogens (tertiary/aromatic N) is 3. The highest BCUT2D eigenvalue weighted by molar-refractivity contribution is 6.79. The third kappa shape index (κ3) is 2.43. The fraction of sp³-hybridized carbons (Fsp3) is 0.375. The first-order chi connectivity index (χ1) is 6.15. The summed E-state index contributed by atoms with van der Waals surface area (Å²) in [6.45, 7) is 3.63. The molecule has 0 aliphatic rings. The molecule has 0 spiro atoms. The Labute approximate surface area is 82.8 Å². The molecule has 0 aliphatic heterocycles. The van der Waals surface area contributed by atoms with Crippen molar-refractivity contribution in [2.45, 2.75) is 19.7 Å². The van der Waals surface area contributed by atoms with Gasteiger partial charge in [0, 0.05) is 12.2 Å². The summed E-state index contributed by atoms with van der Waals surface area (Å²) in [5, 5.41) is 9.25. The summed E-state index contributed by atoms with van der Waals surface area (Å²) in [6, 6.07) is 1.60. The smallest absolute Gasteiger partial charge is 0.250 e. The van der Waals surface area contributed by atoms with E-state index in [0.717, 1.165) is 0 Å². The zero-order valence-electron chi connectivity index (χ0n) is 7.53. The molecule has 0 unspecified atom stereocenters. The highest BCUT2D eigenvalue weighted by atomic mass is 35.5. The van der Waals surface area contributed by atoms with E-state index in [-0.39, 0.29) is 12.5 Å². The molecule has 0 bridgehead atoms. The first-order valence-electron chi connectivity index (χ1n) is 4.03. The first-order valence-corrected chi connectivity index (χ1v) is 4.41. The van der Waals surface area contributed by atoms with Crippen molar-refractivity contribution in [2.24, 2.45) is 0 Å². The van der Waals surface area contributed by atoms with Crippen LogP contribution in [0.2, 0.25) is 11.0 Å². The van der Waals surface area contributed by atoms with E-state index in [2.05, 4.69) is 15.9 Å². The summed E-state index contributed by atoms with van der Waals surface area (Å²) in [6.07, 6.45) is 1.57. The molecular formula is C8H9BClN3. The molecule has 0 atom stereocenters. The van der Waals surface area contributed by atoms with Gasteiger partial charge in [-0.15, -0.1) is 0 Å². The fourth-order valence-electron chi connectivity index (χ4n) is 1.01. The van der Waals surface area contributed by atoms with E-state index in [1.54, 1.807) is 12.3 Å². The van der Waals surface area contributed by atoms with Crippen molar-refractivity contribution in [3.05, 3.63) is 17.4 Å². The summed E-state index contributed by atoms with van der Waals surface area (Å²) in [5.41, 5.74) is 0.505. The van der Waals surface area contributed by atoms with Crippen LogP contribution in [0.5, 0.6) is 0 Å². The Hall–Kier alpha value is -1.08. The predicted molar refractivity (Wildman–Crippen MR) is 53.1 cm³/mol. The summed E-state index contributed by atoms with van der Waals surface area (Å²) in [5.74, 6) is 2.36. The summed E-state index contributed by atoms with van der Waals surface area (Å²) in [4.78, 5) is 8.01. The Balaban J connectivity index is 3.00. The number of hydrogen-bond acceptors (Lipinski definition) is 3. The predicted octanol–water partition coefficient (Wildman–Crippen LogP) is 1.30. The molecule has 0 saturated carbocycles. The third-order valence-electron chi connectivity index (χ3n) is 1.72. The van der Waals surface area contributed by atoms with E-state index in [4.69, 9.17) is 16.9 Å². The fourth-order valence-corrected chi connectivity index (χ4v) is 1.15. The second-order valence-corrected chi connectivity index (χ2v) is 3.48. The molecule has 1 rings (SSSR count). The topological polar surface area (TPSA) is 49.6 Å². The van der Waals surface area contributed by atoms with Gasteiger partial charge in [-0.1, -0.05) is 25.4 Å². The molecule has 66 valence electrons. The van der Waals surface area contributed by atoms with Crippen LogP contribution in [0, 0.1) is 11.2 Å². The molecule has 0 fully saturated rings. The normalized spacial score (nSPS) is 9.77. The number of aromatic nitrogens is 2. The SMILES string of the molecule is CC(C)B(C#N)c1nccc(Cl)n1. The summed E-state index contributed by atoms with van der Waals surface area (Å²) < 4.78 is 0. The molecule has 13 heavy (non-hydrogen) atoms. The molecule has 0 radical (unpaired) electrons. The monoisotopic (exact) mass is 193 g/mol. The lowest BCUT2D eigenvalue weighted by Crippen LogP contribution is -2.36. The highest BCUT2D eigenvalue weighted by Gasteiger charge is 2.24. The minimum absolute atomic E-state index is 0.198. The van der Waals surface area contributed by atoms with E-state index in [1.807, 2.05) is 13.8 Å². The lowest BCUT2D eigenvalue weighted by Gasteiger charge is -2.06. The van der Waals surface area contributed by atoms with E-state index in [0.29, 0.717) is 10.9 Å². The first kappa shape index (κ1) is 10.0. The van der Waals surface area contributed by atoms with Crippen LogP contribution in [-0.4, -0.2) is 16.7 Å². The van der Waals surface area contributed by atoms with Gasteiger partial charge >= 0.3 is 6.71 Å². The molecule has 5 heteroatoms. The quantitative estimate of drug-likeness (QED) is 0.525. The van der Waals surface area contributed by atoms with Crippen LogP contribution in [-0.2, 0) is 0 Å². The van der Waals surface area contributed by atoms with E-state index >= 15 is 0 Å². The lowest BCUT2D eigenvalue weighted by molar-refractivity contribution is 1.04. The van der Waals surface area contributed by atoms with E-state index in [1.165, 1.54) is 0 Å². The molecular weight excluding hydrogens is 184 g/mol. The van der Waals surface area contributed by atoms with Crippen molar-refractivity contribution in [1.82, 2.24) is 9.97 Å². The average Bonchev–Trinajstić information content (AvgIpc) is 2.04. The van der Waals surface area contributed by atoms with Gasteiger partial charge in [-0.25, -0.2) is 10.2 Å². The number of rotatable bonds is 2. The third-order valence-corrected chi connectivity index (χ3v) is 1.93. The largest absolute Gasteiger partial charge is 0.348 e. The van der Waals surface area contributed by atoms with Gasteiger partial charge < -0.3 is 0 Å². The molecule has 0 aromatic carbocycles. The zero-order valence-corrected chi connectivity index (χ0v) is 8.28. The number of halogens is 1. The Morgan fingerprint density at radius 1 is 1.62 bits per heavy atom. The minimum Gasteiger partial charge on any atom is -0.250 e. The van der Waals surface area contributed by atoms with Crippen LogP contribution >= 0.6 is 11.6 Å². The van der Waals surface area contributed by atoms with Crippen molar-refractivity contribution in [3.63, 3.8) is 0 Å². The van der Waals surface area contributed by atoms with E-state index < -0.39 is 0 Å². The van der Waals surface area contributed by atoms with Gasteiger partial charge in [-0.2, -0.15) is 0 Å². The van der Waals surface area contributed by atoms with Gasteiger partial charge in [0.25, 0.3) is 0 Å². The van der Waals surface area contributed by atoms with Crippen LogP contribution in [0.25, 0.3) is 0 Å². The zero-order chi connectivity index (χ0) is 9.84. The minimum atomic E-state index is -0.279. The Morgan fingerprint density at radius 3 is 2.77 bits per heavy atom. The van der Waals surface area contributed by atoms with Gasteiger partial charge in [0.15, 0.2) is 0 Å². The van der Waals surface area contributed by atoms with Crippen LogP contribution in [0.4, 0.5) is 0 Å². The molecule has 3 nitrogen and oxygen atoms in total. The second-order valence-electron chi connectivity index (χ2n) is 3.09. The van der Waals surface area contributed by atoms with Crippen molar-refractivity contribution in [2.75, 3.05) is 0 Å². The molecule has 0 saturated heterocycles. The van der Waals surface area contributed by atoms with Crippen molar-refractivity contribution >= 4 is 24.0 Å². The molecule has 1 aromatic rings. The average molecular weight is 193 g/mol. The molecule has 0 aliphatic carbocycles. The van der Waals surface area contributed by atoms with Crippen LogP contribution < -0.4 is 5.72 Å². The van der Waals surface area contributed by atoms with Gasteiger partial charge in [-0.3, -0.25) is 4.98 Å². The maximum Gasteiger partial charge on any atom is 0.348 e. The molecule has 1 aromatic heterocycles. The van der Waals surface area contributed by atoms with Gasteiger partial charge in [0.1, 0.15) is 10.9 Å². The Kier molecular flexibility index (Phi) is 3.27. The van der Waals surface area contributed by atoms with Crippen LogP contribution in [0.3, 0.4) is 0 Å². The highest BCUT2D eigenvalue weighted by Crippen LogP contribution is 2.06. The Bertz CT molecular complexity index is 334. The van der Waals surface area contributed by atoms with E-state index in [9.17, 15) is 0 Å². The lowest BCUT2D eigenvalue weighted by atomic mass is 9.42. The van der Waals surface area contributed by atoms with Gasteiger partial charge in [0.2, 0.25) is 0 Å². The standard InChI is InChI=1S/C8H9BClN3/c1-6(2)9(5-11)8-12-4-3-7(10)13-8/h3-4,6H,1-2H3. The van der Waals surface area contributed by atoms with Crippen molar-refractivity contribution < 1.29 is 0 Å². The van der Waals surface area contributed by atoms with Gasteiger partial charge in [-0.05, 0) is 11.9 Å². The van der Waals surface area contributed by atoms with Gasteiger partial charge in [0.05, 0.1) is 0 Å².